The molecule has 37 heavy (non-hydrogen) atoms. The summed E-state index contributed by atoms with van der Waals surface area (Å²) in [4.78, 5) is 15.3. The summed E-state index contributed by atoms with van der Waals surface area (Å²) in [6, 6.07) is 16.5. The Labute approximate surface area is 210 Å². The van der Waals surface area contributed by atoms with Crippen LogP contribution in [0.4, 0.5) is 13.2 Å². The standard InChI is InChI=1S/C28H24F3NO5/c1-34-22-10-8-17(14-23(22)35-2)12-13-32-15-20-21(36-16-32)11-9-19-25(33)24(18-6-4-3-5-7-18)27(28(29,30)31)37-26(19)20/h3-11,14H,12-13,15-16H2,1-2H3. The van der Waals surface area contributed by atoms with Gasteiger partial charge in [0.15, 0.2) is 11.5 Å². The van der Waals surface area contributed by atoms with E-state index in [1.165, 1.54) is 18.2 Å². The Hall–Kier alpha value is -3.98. The van der Waals surface area contributed by atoms with E-state index in [4.69, 9.17) is 18.6 Å². The molecule has 0 saturated carbocycles. The third-order valence-corrected chi connectivity index (χ3v) is 6.39. The van der Waals surface area contributed by atoms with Crippen LogP contribution in [0.5, 0.6) is 17.2 Å². The molecule has 4 aromatic rings. The Bertz CT molecular complexity index is 1500. The van der Waals surface area contributed by atoms with Gasteiger partial charge < -0.3 is 18.6 Å². The number of nitrogens with zero attached hydrogens (tertiary/aromatic N) is 1. The van der Waals surface area contributed by atoms with Gasteiger partial charge in [0.2, 0.25) is 11.2 Å². The predicted molar refractivity (Wildman–Crippen MR) is 132 cm³/mol. The Kier molecular flexibility index (Phi) is 6.55. The van der Waals surface area contributed by atoms with Crippen molar-refractivity contribution in [1.29, 1.82) is 0 Å². The number of ether oxygens (including phenoxy) is 3. The van der Waals surface area contributed by atoms with Crippen molar-refractivity contribution in [2.75, 3.05) is 27.5 Å². The molecule has 6 nitrogen and oxygen atoms in total. The molecular weight excluding hydrogens is 487 g/mol. The van der Waals surface area contributed by atoms with E-state index in [0.717, 1.165) is 5.56 Å². The summed E-state index contributed by atoms with van der Waals surface area (Å²) in [7, 11) is 3.13. The predicted octanol–water partition coefficient (Wildman–Crippen LogP) is 5.89. The second-order valence-corrected chi connectivity index (χ2v) is 8.68. The maximum Gasteiger partial charge on any atom is 0.450 e. The average Bonchev–Trinajstić information content (AvgIpc) is 2.91. The summed E-state index contributed by atoms with van der Waals surface area (Å²) >= 11 is 0. The highest BCUT2D eigenvalue weighted by Gasteiger charge is 2.40. The zero-order valence-electron chi connectivity index (χ0n) is 20.2. The summed E-state index contributed by atoms with van der Waals surface area (Å²) in [6.45, 7) is 1.08. The lowest BCUT2D eigenvalue weighted by atomic mass is 10.00. The quantitative estimate of drug-likeness (QED) is 0.322. The number of methoxy groups -OCH3 is 2. The van der Waals surface area contributed by atoms with Crippen molar-refractivity contribution in [3.05, 3.63) is 87.8 Å². The van der Waals surface area contributed by atoms with Crippen molar-refractivity contribution < 1.29 is 31.8 Å². The number of hydrogen-bond donors (Lipinski definition) is 0. The summed E-state index contributed by atoms with van der Waals surface area (Å²) in [5, 5.41) is 0.0796. The van der Waals surface area contributed by atoms with E-state index >= 15 is 0 Å². The molecule has 0 radical (unpaired) electrons. The molecule has 5 rings (SSSR count). The van der Waals surface area contributed by atoms with Gasteiger partial charge in [-0.3, -0.25) is 9.69 Å². The molecule has 0 N–H and O–H groups in total. The van der Waals surface area contributed by atoms with Crippen LogP contribution in [-0.2, 0) is 19.1 Å². The Balaban J connectivity index is 1.50. The molecule has 0 fully saturated rings. The van der Waals surface area contributed by atoms with Gasteiger partial charge in [0.05, 0.1) is 30.7 Å². The van der Waals surface area contributed by atoms with Gasteiger partial charge in [-0.15, -0.1) is 0 Å². The van der Waals surface area contributed by atoms with E-state index in [9.17, 15) is 18.0 Å². The molecule has 1 aliphatic heterocycles. The zero-order chi connectivity index (χ0) is 26.2. The topological polar surface area (TPSA) is 61.1 Å². The molecule has 0 unspecified atom stereocenters. The van der Waals surface area contributed by atoms with Crippen molar-refractivity contribution in [2.45, 2.75) is 19.1 Å². The number of hydrogen-bond acceptors (Lipinski definition) is 6. The van der Waals surface area contributed by atoms with Gasteiger partial charge in [-0.25, -0.2) is 0 Å². The second kappa shape index (κ2) is 9.82. The monoisotopic (exact) mass is 511 g/mol. The van der Waals surface area contributed by atoms with Crippen molar-refractivity contribution in [3.63, 3.8) is 0 Å². The zero-order valence-corrected chi connectivity index (χ0v) is 20.2. The maximum atomic E-state index is 14.1. The number of fused-ring (bicyclic) bond motifs is 3. The highest BCUT2D eigenvalue weighted by molar-refractivity contribution is 5.87. The minimum atomic E-state index is -4.86. The Morgan fingerprint density at radius 3 is 2.43 bits per heavy atom. The highest BCUT2D eigenvalue weighted by Crippen LogP contribution is 2.40. The van der Waals surface area contributed by atoms with Gasteiger partial charge in [0.1, 0.15) is 18.1 Å². The fraction of sp³-hybridized carbons (Fsp3) is 0.250. The lowest BCUT2D eigenvalue weighted by Gasteiger charge is -2.29. The van der Waals surface area contributed by atoms with E-state index < -0.39 is 22.9 Å². The number of benzene rings is 3. The maximum absolute atomic E-state index is 14.1. The number of rotatable bonds is 6. The Morgan fingerprint density at radius 2 is 1.73 bits per heavy atom. The third kappa shape index (κ3) is 4.74. The van der Waals surface area contributed by atoms with Gasteiger partial charge in [0.25, 0.3) is 0 Å². The lowest BCUT2D eigenvalue weighted by molar-refractivity contribution is -0.152. The van der Waals surface area contributed by atoms with Gasteiger partial charge in [0, 0.05) is 13.1 Å². The van der Waals surface area contributed by atoms with E-state index in [2.05, 4.69) is 0 Å². The molecule has 192 valence electrons. The van der Waals surface area contributed by atoms with Gasteiger partial charge >= 0.3 is 6.18 Å². The van der Waals surface area contributed by atoms with Gasteiger partial charge in [-0.05, 0) is 41.8 Å². The van der Waals surface area contributed by atoms with E-state index in [0.29, 0.717) is 35.8 Å². The van der Waals surface area contributed by atoms with Gasteiger partial charge in [-0.2, -0.15) is 13.2 Å². The van der Waals surface area contributed by atoms with Crippen LogP contribution in [0.15, 0.2) is 69.9 Å². The van der Waals surface area contributed by atoms with Crippen LogP contribution in [0.3, 0.4) is 0 Å². The Morgan fingerprint density at radius 1 is 0.973 bits per heavy atom. The summed E-state index contributed by atoms with van der Waals surface area (Å²) in [5.74, 6) is 0.325. The lowest BCUT2D eigenvalue weighted by Crippen LogP contribution is -2.34. The third-order valence-electron chi connectivity index (χ3n) is 6.39. The van der Waals surface area contributed by atoms with E-state index in [-0.39, 0.29) is 29.8 Å². The largest absolute Gasteiger partial charge is 0.493 e. The van der Waals surface area contributed by atoms with Crippen LogP contribution in [-0.4, -0.2) is 32.4 Å². The highest BCUT2D eigenvalue weighted by atomic mass is 19.4. The van der Waals surface area contributed by atoms with Crippen LogP contribution < -0.4 is 19.6 Å². The van der Waals surface area contributed by atoms with Crippen LogP contribution in [0.2, 0.25) is 0 Å². The first kappa shape index (κ1) is 24.7. The molecule has 0 bridgehead atoms. The second-order valence-electron chi connectivity index (χ2n) is 8.68. The molecular formula is C28H24F3NO5. The molecule has 1 aliphatic rings. The number of halogens is 3. The average molecular weight is 511 g/mol. The minimum Gasteiger partial charge on any atom is -0.493 e. The SMILES string of the molecule is COc1ccc(CCN2COc3ccc4c(=O)c(-c5ccccc5)c(C(F)(F)F)oc4c3C2)cc1OC. The van der Waals surface area contributed by atoms with E-state index in [1.807, 2.05) is 23.1 Å². The van der Waals surface area contributed by atoms with Crippen LogP contribution in [0.1, 0.15) is 16.9 Å². The molecule has 0 saturated heterocycles. The first-order valence-corrected chi connectivity index (χ1v) is 11.6. The molecule has 2 heterocycles. The van der Waals surface area contributed by atoms with Crippen LogP contribution in [0, 0.1) is 0 Å². The fourth-order valence-corrected chi connectivity index (χ4v) is 4.54. The first-order chi connectivity index (χ1) is 17.8. The molecule has 0 atom stereocenters. The van der Waals surface area contributed by atoms with Crippen molar-refractivity contribution >= 4 is 11.0 Å². The minimum absolute atomic E-state index is 0.0796. The first-order valence-electron chi connectivity index (χ1n) is 11.6. The molecule has 1 aromatic heterocycles. The van der Waals surface area contributed by atoms with Crippen molar-refractivity contribution in [1.82, 2.24) is 4.90 Å². The number of alkyl halides is 3. The molecule has 9 heteroatoms. The molecule has 3 aromatic carbocycles. The molecule has 0 amide bonds. The van der Waals surface area contributed by atoms with Crippen molar-refractivity contribution in [3.8, 4) is 28.4 Å². The van der Waals surface area contributed by atoms with E-state index in [1.54, 1.807) is 38.5 Å². The summed E-state index contributed by atoms with van der Waals surface area (Å²) in [5.41, 5.74) is 0.229. The smallest absolute Gasteiger partial charge is 0.450 e. The molecule has 0 aliphatic carbocycles. The van der Waals surface area contributed by atoms with Gasteiger partial charge in [-0.1, -0.05) is 36.4 Å². The van der Waals surface area contributed by atoms with Crippen LogP contribution >= 0.6 is 0 Å². The normalized spacial score (nSPS) is 13.8. The van der Waals surface area contributed by atoms with Crippen molar-refractivity contribution in [2.24, 2.45) is 0 Å². The van der Waals surface area contributed by atoms with Crippen LogP contribution in [0.25, 0.3) is 22.1 Å². The fourth-order valence-electron chi connectivity index (χ4n) is 4.54. The summed E-state index contributed by atoms with van der Waals surface area (Å²) < 4.78 is 64.2. The summed E-state index contributed by atoms with van der Waals surface area (Å²) in [6.07, 6.45) is -4.22. The molecule has 0 spiro atoms.